The second-order valence-corrected chi connectivity index (χ2v) is 9.36. The second-order valence-electron chi connectivity index (χ2n) is 9.36. The Hall–Kier alpha value is -3.55. The number of nitrogens with zero attached hydrogens (tertiary/aromatic N) is 3. The van der Waals surface area contributed by atoms with Gasteiger partial charge in [0.1, 0.15) is 5.82 Å². The van der Waals surface area contributed by atoms with Crippen LogP contribution in [0, 0.1) is 12.7 Å². The van der Waals surface area contributed by atoms with E-state index in [1.807, 2.05) is 37.4 Å². The Morgan fingerprint density at radius 2 is 2.03 bits per heavy atom. The molecular formula is C28H28FN5O. The van der Waals surface area contributed by atoms with Gasteiger partial charge in [0.15, 0.2) is 0 Å². The van der Waals surface area contributed by atoms with Gasteiger partial charge in [-0.1, -0.05) is 18.2 Å². The molecule has 0 bridgehead atoms. The fourth-order valence-electron chi connectivity index (χ4n) is 5.31. The SMILES string of the molecule is Cc1ccnc(-c2ccc3ncc(-c4cccc(F)c4)c(N4CCC5NCCO[C@H]5C4)c3c2)c1N. The van der Waals surface area contributed by atoms with Gasteiger partial charge in [-0.15, -0.1) is 0 Å². The summed E-state index contributed by atoms with van der Waals surface area (Å²) in [5, 5.41) is 4.58. The number of rotatable bonds is 3. The molecule has 3 N–H and O–H groups in total. The number of fused-ring (bicyclic) bond motifs is 2. The maximum Gasteiger partial charge on any atom is 0.123 e. The number of hydrogen-bond acceptors (Lipinski definition) is 6. The van der Waals surface area contributed by atoms with E-state index in [2.05, 4.69) is 21.3 Å². The van der Waals surface area contributed by atoms with Crippen molar-refractivity contribution in [2.75, 3.05) is 36.9 Å². The third kappa shape index (κ3) is 4.00. The van der Waals surface area contributed by atoms with Crippen molar-refractivity contribution in [1.82, 2.24) is 15.3 Å². The first-order valence-corrected chi connectivity index (χ1v) is 12.1. The second kappa shape index (κ2) is 8.91. The summed E-state index contributed by atoms with van der Waals surface area (Å²) in [4.78, 5) is 11.7. The number of nitrogens with two attached hydrogens (primary N) is 1. The number of benzene rings is 2. The third-order valence-electron chi connectivity index (χ3n) is 7.17. The standard InChI is InChI=1S/C28H28FN5O/c1-17-7-9-32-27(26(17)30)19-5-6-23-21(14-19)28(22(15-33-23)18-3-2-4-20(29)13-18)34-11-8-24-25(16-34)35-12-10-31-24/h2-7,9,13-15,24-25,31H,8,10-12,16,30H2,1H3/t24?,25-/m0/s1. The Kier molecular flexibility index (Phi) is 5.59. The summed E-state index contributed by atoms with van der Waals surface area (Å²) in [5.41, 5.74) is 13.4. The molecule has 2 aliphatic rings. The van der Waals surface area contributed by atoms with Crippen LogP contribution in [0.2, 0.25) is 0 Å². The zero-order chi connectivity index (χ0) is 23.9. The van der Waals surface area contributed by atoms with Crippen LogP contribution in [0.4, 0.5) is 15.8 Å². The molecule has 4 aromatic rings. The Labute approximate surface area is 204 Å². The zero-order valence-electron chi connectivity index (χ0n) is 19.7. The average Bonchev–Trinajstić information content (AvgIpc) is 2.89. The Bertz CT molecular complexity index is 1410. The molecule has 178 valence electrons. The van der Waals surface area contributed by atoms with Gasteiger partial charge in [-0.05, 0) is 54.8 Å². The molecule has 0 aliphatic carbocycles. The van der Waals surface area contributed by atoms with Crippen molar-refractivity contribution in [3.8, 4) is 22.4 Å². The molecule has 7 heteroatoms. The largest absolute Gasteiger partial charge is 0.397 e. The molecule has 0 spiro atoms. The number of morpholine rings is 1. The van der Waals surface area contributed by atoms with Crippen molar-refractivity contribution >= 4 is 22.3 Å². The van der Waals surface area contributed by atoms with E-state index in [-0.39, 0.29) is 11.9 Å². The Morgan fingerprint density at radius 3 is 2.91 bits per heavy atom. The molecule has 1 unspecified atom stereocenters. The van der Waals surface area contributed by atoms with Gasteiger partial charge in [-0.2, -0.15) is 0 Å². The predicted octanol–water partition coefficient (Wildman–Crippen LogP) is 4.56. The monoisotopic (exact) mass is 469 g/mol. The first-order chi connectivity index (χ1) is 17.1. The van der Waals surface area contributed by atoms with Crippen LogP contribution >= 0.6 is 0 Å². The highest BCUT2D eigenvalue weighted by molar-refractivity contribution is 6.02. The first kappa shape index (κ1) is 21.9. The number of nitrogens with one attached hydrogen (secondary N) is 1. The van der Waals surface area contributed by atoms with Crippen LogP contribution in [0.3, 0.4) is 0 Å². The first-order valence-electron chi connectivity index (χ1n) is 12.1. The lowest BCUT2D eigenvalue weighted by Crippen LogP contribution is -2.57. The number of hydrogen-bond donors (Lipinski definition) is 2. The predicted molar refractivity (Wildman–Crippen MR) is 138 cm³/mol. The zero-order valence-corrected chi connectivity index (χ0v) is 19.7. The number of piperidine rings is 1. The molecule has 2 saturated heterocycles. The van der Waals surface area contributed by atoms with E-state index >= 15 is 0 Å². The van der Waals surface area contributed by atoms with Crippen molar-refractivity contribution in [3.05, 3.63) is 72.3 Å². The molecule has 6 rings (SSSR count). The maximum atomic E-state index is 14.2. The summed E-state index contributed by atoms with van der Waals surface area (Å²) in [6.45, 7) is 5.22. The summed E-state index contributed by atoms with van der Waals surface area (Å²) in [6, 6.07) is 15.1. The summed E-state index contributed by atoms with van der Waals surface area (Å²) < 4.78 is 20.4. The van der Waals surface area contributed by atoms with Crippen molar-refractivity contribution in [3.63, 3.8) is 0 Å². The summed E-state index contributed by atoms with van der Waals surface area (Å²) in [7, 11) is 0. The number of halogens is 1. The molecule has 2 fully saturated rings. The number of anilines is 2. The van der Waals surface area contributed by atoms with Gasteiger partial charge < -0.3 is 20.7 Å². The number of nitrogen functional groups attached to an aromatic ring is 1. The quantitative estimate of drug-likeness (QED) is 0.458. The molecule has 35 heavy (non-hydrogen) atoms. The summed E-state index contributed by atoms with van der Waals surface area (Å²) in [5.74, 6) is -0.266. The van der Waals surface area contributed by atoms with Crippen LogP contribution in [0.15, 0.2) is 60.9 Å². The fraction of sp³-hybridized carbons (Fsp3) is 0.286. The number of aromatic nitrogens is 2. The summed E-state index contributed by atoms with van der Waals surface area (Å²) in [6.07, 6.45) is 4.73. The molecule has 2 atom stereocenters. The minimum absolute atomic E-state index is 0.110. The molecule has 0 saturated carbocycles. The van der Waals surface area contributed by atoms with E-state index < -0.39 is 0 Å². The Morgan fingerprint density at radius 1 is 1.11 bits per heavy atom. The minimum Gasteiger partial charge on any atom is -0.397 e. The van der Waals surface area contributed by atoms with Gasteiger partial charge >= 0.3 is 0 Å². The van der Waals surface area contributed by atoms with Crippen molar-refractivity contribution in [1.29, 1.82) is 0 Å². The van der Waals surface area contributed by atoms with Gasteiger partial charge in [0, 0.05) is 54.6 Å². The van der Waals surface area contributed by atoms with Crippen LogP contribution in [-0.4, -0.2) is 48.4 Å². The van der Waals surface area contributed by atoms with Gasteiger partial charge in [-0.3, -0.25) is 9.97 Å². The minimum atomic E-state index is -0.266. The normalized spacial score (nSPS) is 20.1. The van der Waals surface area contributed by atoms with E-state index in [0.717, 1.165) is 70.6 Å². The molecule has 0 radical (unpaired) electrons. The maximum absolute atomic E-state index is 14.2. The van der Waals surface area contributed by atoms with Crippen LogP contribution < -0.4 is 16.0 Å². The van der Waals surface area contributed by atoms with E-state index in [1.54, 1.807) is 18.3 Å². The lowest BCUT2D eigenvalue weighted by Gasteiger charge is -2.43. The van der Waals surface area contributed by atoms with Crippen LogP contribution in [0.5, 0.6) is 0 Å². The lowest BCUT2D eigenvalue weighted by molar-refractivity contribution is -0.00896. The van der Waals surface area contributed by atoms with Crippen molar-refractivity contribution in [2.24, 2.45) is 0 Å². The van der Waals surface area contributed by atoms with Gasteiger partial charge in [0.25, 0.3) is 0 Å². The van der Waals surface area contributed by atoms with Crippen LogP contribution in [0.25, 0.3) is 33.3 Å². The fourth-order valence-corrected chi connectivity index (χ4v) is 5.31. The van der Waals surface area contributed by atoms with Crippen LogP contribution in [-0.2, 0) is 4.74 Å². The number of ether oxygens (including phenoxy) is 1. The highest BCUT2D eigenvalue weighted by Gasteiger charge is 2.33. The molecular weight excluding hydrogens is 441 g/mol. The van der Waals surface area contributed by atoms with Crippen molar-refractivity contribution in [2.45, 2.75) is 25.5 Å². The lowest BCUT2D eigenvalue weighted by atomic mass is 9.95. The number of aryl methyl sites for hydroxylation is 1. The molecule has 0 amide bonds. The molecule has 4 heterocycles. The van der Waals surface area contributed by atoms with Gasteiger partial charge in [0.2, 0.25) is 0 Å². The Balaban J connectivity index is 1.55. The molecule has 2 aliphatic heterocycles. The van der Waals surface area contributed by atoms with E-state index in [0.29, 0.717) is 18.3 Å². The van der Waals surface area contributed by atoms with E-state index in [4.69, 9.17) is 15.5 Å². The highest BCUT2D eigenvalue weighted by Crippen LogP contribution is 2.40. The number of pyridine rings is 2. The van der Waals surface area contributed by atoms with Crippen LogP contribution in [0.1, 0.15) is 12.0 Å². The van der Waals surface area contributed by atoms with Gasteiger partial charge in [-0.25, -0.2) is 4.39 Å². The average molecular weight is 470 g/mol. The van der Waals surface area contributed by atoms with E-state index in [9.17, 15) is 4.39 Å². The molecule has 6 nitrogen and oxygen atoms in total. The topological polar surface area (TPSA) is 76.3 Å². The molecule has 2 aromatic heterocycles. The summed E-state index contributed by atoms with van der Waals surface area (Å²) >= 11 is 0. The van der Waals surface area contributed by atoms with E-state index in [1.165, 1.54) is 6.07 Å². The smallest absolute Gasteiger partial charge is 0.123 e. The molecule has 2 aromatic carbocycles. The van der Waals surface area contributed by atoms with Gasteiger partial charge in [0.05, 0.1) is 35.3 Å². The van der Waals surface area contributed by atoms with Crippen molar-refractivity contribution < 1.29 is 9.13 Å². The third-order valence-corrected chi connectivity index (χ3v) is 7.17. The highest BCUT2D eigenvalue weighted by atomic mass is 19.1.